The SMILES string of the molecule is CC(C)(N)CCC(=O)Cc1ccc(Cl)c(F)c1. The summed E-state index contributed by atoms with van der Waals surface area (Å²) >= 11 is 5.56. The van der Waals surface area contributed by atoms with Crippen molar-refractivity contribution in [3.8, 4) is 0 Å². The molecule has 0 spiro atoms. The lowest BCUT2D eigenvalue weighted by Gasteiger charge is -2.17. The Hall–Kier alpha value is -0.930. The molecular weight excluding hydrogens is 241 g/mol. The van der Waals surface area contributed by atoms with E-state index in [-0.39, 0.29) is 22.8 Å². The van der Waals surface area contributed by atoms with Crippen molar-refractivity contribution >= 4 is 17.4 Å². The van der Waals surface area contributed by atoms with Gasteiger partial charge in [-0.05, 0) is 38.0 Å². The second kappa shape index (κ2) is 5.61. The predicted octanol–water partition coefficient (Wildman–Crippen LogP) is 3.11. The normalized spacial score (nSPS) is 11.6. The van der Waals surface area contributed by atoms with Crippen LogP contribution in [0.25, 0.3) is 0 Å². The lowest BCUT2D eigenvalue weighted by Crippen LogP contribution is -2.32. The van der Waals surface area contributed by atoms with Gasteiger partial charge in [0.25, 0.3) is 0 Å². The largest absolute Gasteiger partial charge is 0.326 e. The summed E-state index contributed by atoms with van der Waals surface area (Å²) in [6.45, 7) is 3.75. The molecular formula is C13H17ClFNO. The third-order valence-corrected chi connectivity index (χ3v) is 2.74. The molecule has 1 aromatic carbocycles. The Bertz CT molecular complexity index is 412. The predicted molar refractivity (Wildman–Crippen MR) is 67.6 cm³/mol. The van der Waals surface area contributed by atoms with E-state index in [1.165, 1.54) is 12.1 Å². The monoisotopic (exact) mass is 257 g/mol. The van der Waals surface area contributed by atoms with Crippen molar-refractivity contribution in [1.29, 1.82) is 0 Å². The average molecular weight is 258 g/mol. The van der Waals surface area contributed by atoms with Gasteiger partial charge in [0.1, 0.15) is 11.6 Å². The summed E-state index contributed by atoms with van der Waals surface area (Å²) in [4.78, 5) is 11.6. The van der Waals surface area contributed by atoms with Crippen LogP contribution in [-0.4, -0.2) is 11.3 Å². The minimum Gasteiger partial charge on any atom is -0.326 e. The Morgan fingerprint density at radius 2 is 2.12 bits per heavy atom. The van der Waals surface area contributed by atoms with Gasteiger partial charge in [0.15, 0.2) is 0 Å². The minimum absolute atomic E-state index is 0.0604. The highest BCUT2D eigenvalue weighted by molar-refractivity contribution is 6.30. The smallest absolute Gasteiger partial charge is 0.142 e. The number of hydrogen-bond acceptors (Lipinski definition) is 2. The first-order chi connectivity index (χ1) is 7.78. The van der Waals surface area contributed by atoms with Crippen molar-refractivity contribution in [3.63, 3.8) is 0 Å². The van der Waals surface area contributed by atoms with Crippen molar-refractivity contribution < 1.29 is 9.18 Å². The highest BCUT2D eigenvalue weighted by atomic mass is 35.5. The van der Waals surface area contributed by atoms with Gasteiger partial charge in [-0.25, -0.2) is 4.39 Å². The second-order valence-electron chi connectivity index (χ2n) is 4.95. The Kier molecular flexibility index (Phi) is 4.66. The molecule has 0 fully saturated rings. The first-order valence-corrected chi connectivity index (χ1v) is 5.90. The summed E-state index contributed by atoms with van der Waals surface area (Å²) in [6.07, 6.45) is 1.26. The van der Waals surface area contributed by atoms with Gasteiger partial charge in [-0.1, -0.05) is 17.7 Å². The van der Waals surface area contributed by atoms with E-state index in [0.717, 1.165) is 0 Å². The molecule has 0 unspecified atom stereocenters. The number of carbonyl (C=O) groups is 1. The van der Waals surface area contributed by atoms with Crippen LogP contribution in [0.4, 0.5) is 4.39 Å². The van der Waals surface area contributed by atoms with Crippen LogP contribution in [-0.2, 0) is 11.2 Å². The summed E-state index contributed by atoms with van der Waals surface area (Å²) in [7, 11) is 0. The maximum absolute atomic E-state index is 13.1. The quantitative estimate of drug-likeness (QED) is 0.881. The van der Waals surface area contributed by atoms with Crippen LogP contribution in [0.5, 0.6) is 0 Å². The molecule has 0 atom stereocenters. The van der Waals surface area contributed by atoms with Crippen molar-refractivity contribution in [2.45, 2.75) is 38.6 Å². The summed E-state index contributed by atoms with van der Waals surface area (Å²) in [5, 5.41) is 0.0734. The molecule has 0 aromatic heterocycles. The minimum atomic E-state index is -0.490. The van der Waals surface area contributed by atoms with E-state index in [1.54, 1.807) is 6.07 Å². The van der Waals surface area contributed by atoms with E-state index in [4.69, 9.17) is 17.3 Å². The first kappa shape index (κ1) is 14.1. The molecule has 0 saturated heterocycles. The first-order valence-electron chi connectivity index (χ1n) is 5.52. The number of nitrogens with two attached hydrogens (primary N) is 1. The molecule has 0 saturated carbocycles. The number of halogens is 2. The molecule has 0 aliphatic heterocycles. The number of Topliss-reactive ketones (excluding diaryl/α,β-unsaturated/α-hetero) is 1. The van der Waals surface area contributed by atoms with E-state index < -0.39 is 5.82 Å². The van der Waals surface area contributed by atoms with Gasteiger partial charge in [0.05, 0.1) is 5.02 Å². The maximum Gasteiger partial charge on any atom is 0.142 e. The van der Waals surface area contributed by atoms with E-state index >= 15 is 0 Å². The zero-order valence-electron chi connectivity index (χ0n) is 10.1. The molecule has 0 amide bonds. The zero-order chi connectivity index (χ0) is 13.1. The molecule has 17 heavy (non-hydrogen) atoms. The van der Waals surface area contributed by atoms with Gasteiger partial charge >= 0.3 is 0 Å². The molecule has 1 aromatic rings. The van der Waals surface area contributed by atoms with Crippen LogP contribution in [0.2, 0.25) is 5.02 Å². The molecule has 4 heteroatoms. The number of ketones is 1. The van der Waals surface area contributed by atoms with Gasteiger partial charge in [-0.2, -0.15) is 0 Å². The Morgan fingerprint density at radius 3 is 2.65 bits per heavy atom. The second-order valence-corrected chi connectivity index (χ2v) is 5.36. The molecule has 0 aliphatic carbocycles. The zero-order valence-corrected chi connectivity index (χ0v) is 10.9. The number of benzene rings is 1. The number of carbonyl (C=O) groups excluding carboxylic acids is 1. The molecule has 0 bridgehead atoms. The van der Waals surface area contributed by atoms with Gasteiger partial charge in [0.2, 0.25) is 0 Å². The highest BCUT2D eigenvalue weighted by Gasteiger charge is 2.14. The summed E-state index contributed by atoms with van der Waals surface area (Å²) in [5.41, 5.74) is 6.09. The van der Waals surface area contributed by atoms with Crippen LogP contribution in [0.3, 0.4) is 0 Å². The maximum atomic E-state index is 13.1. The molecule has 94 valence electrons. The summed E-state index contributed by atoms with van der Waals surface area (Å²) < 4.78 is 13.1. The molecule has 2 nitrogen and oxygen atoms in total. The van der Waals surface area contributed by atoms with Gasteiger partial charge in [0, 0.05) is 18.4 Å². The van der Waals surface area contributed by atoms with Crippen LogP contribution in [0, 0.1) is 5.82 Å². The van der Waals surface area contributed by atoms with E-state index in [9.17, 15) is 9.18 Å². The Balaban J connectivity index is 2.54. The fourth-order valence-electron chi connectivity index (χ4n) is 1.43. The van der Waals surface area contributed by atoms with E-state index in [1.807, 2.05) is 13.8 Å². The Labute approximate surface area is 106 Å². The lowest BCUT2D eigenvalue weighted by atomic mass is 9.96. The van der Waals surface area contributed by atoms with E-state index in [2.05, 4.69) is 0 Å². The van der Waals surface area contributed by atoms with Crippen LogP contribution >= 0.6 is 11.6 Å². The topological polar surface area (TPSA) is 43.1 Å². The van der Waals surface area contributed by atoms with Crippen LogP contribution in [0.15, 0.2) is 18.2 Å². The van der Waals surface area contributed by atoms with Crippen molar-refractivity contribution in [1.82, 2.24) is 0 Å². The lowest BCUT2D eigenvalue weighted by molar-refractivity contribution is -0.118. The standard InChI is InChI=1S/C13H17ClFNO/c1-13(2,16)6-5-10(17)7-9-3-4-11(14)12(15)8-9/h3-4,8H,5-7,16H2,1-2H3. The van der Waals surface area contributed by atoms with E-state index in [0.29, 0.717) is 18.4 Å². The third kappa shape index (κ3) is 5.29. The molecule has 1 rings (SSSR count). The average Bonchev–Trinajstić information content (AvgIpc) is 2.20. The fourth-order valence-corrected chi connectivity index (χ4v) is 1.54. The number of hydrogen-bond donors (Lipinski definition) is 1. The molecule has 2 N–H and O–H groups in total. The molecule has 0 radical (unpaired) electrons. The van der Waals surface area contributed by atoms with Gasteiger partial charge < -0.3 is 5.73 Å². The van der Waals surface area contributed by atoms with Crippen LogP contribution in [0.1, 0.15) is 32.3 Å². The van der Waals surface area contributed by atoms with Crippen molar-refractivity contribution in [3.05, 3.63) is 34.6 Å². The van der Waals surface area contributed by atoms with Gasteiger partial charge in [-0.3, -0.25) is 4.79 Å². The number of rotatable bonds is 5. The third-order valence-electron chi connectivity index (χ3n) is 2.43. The molecule has 0 aliphatic rings. The highest BCUT2D eigenvalue weighted by Crippen LogP contribution is 2.17. The van der Waals surface area contributed by atoms with Gasteiger partial charge in [-0.15, -0.1) is 0 Å². The van der Waals surface area contributed by atoms with Crippen LogP contribution < -0.4 is 5.73 Å². The molecule has 0 heterocycles. The summed E-state index contributed by atoms with van der Waals surface area (Å²) in [5.74, 6) is -0.429. The van der Waals surface area contributed by atoms with Crippen molar-refractivity contribution in [2.75, 3.05) is 0 Å². The Morgan fingerprint density at radius 1 is 1.47 bits per heavy atom. The fraction of sp³-hybridized carbons (Fsp3) is 0.462. The van der Waals surface area contributed by atoms with Crippen molar-refractivity contribution in [2.24, 2.45) is 5.73 Å². The summed E-state index contributed by atoms with van der Waals surface area (Å²) in [6, 6.07) is 4.43.